The van der Waals surface area contributed by atoms with Gasteiger partial charge in [-0.05, 0) is 61.0 Å². The Hall–Kier alpha value is -2.45. The molecule has 2 aromatic rings. The topological polar surface area (TPSA) is 78.5 Å². The molecule has 2 N–H and O–H groups in total. The van der Waals surface area contributed by atoms with Gasteiger partial charge in [0.25, 0.3) is 10.0 Å². The zero-order valence-electron chi connectivity index (χ0n) is 15.6. The summed E-state index contributed by atoms with van der Waals surface area (Å²) in [6.07, 6.45) is 2.87. The molecule has 0 bridgehead atoms. The molecule has 1 heterocycles. The van der Waals surface area contributed by atoms with Crippen LogP contribution in [0.3, 0.4) is 0 Å². The molecular formula is C20H23N3O3S2. The van der Waals surface area contributed by atoms with Crippen molar-refractivity contribution in [2.24, 2.45) is 0 Å². The zero-order valence-corrected chi connectivity index (χ0v) is 17.3. The highest BCUT2D eigenvalue weighted by Crippen LogP contribution is 2.32. The Bertz CT molecular complexity index is 972. The van der Waals surface area contributed by atoms with Crippen molar-refractivity contribution in [1.82, 2.24) is 5.32 Å². The third-order valence-corrected chi connectivity index (χ3v) is 6.59. The van der Waals surface area contributed by atoms with Gasteiger partial charge in [0.1, 0.15) is 0 Å². The Kier molecular flexibility index (Phi) is 6.31. The summed E-state index contributed by atoms with van der Waals surface area (Å²) in [5, 5.41) is 5.72. The lowest BCUT2D eigenvalue weighted by Crippen LogP contribution is -2.33. The van der Waals surface area contributed by atoms with Gasteiger partial charge in [-0.2, -0.15) is 0 Å². The van der Waals surface area contributed by atoms with Crippen LogP contribution in [-0.2, 0) is 21.2 Å². The molecule has 1 aliphatic rings. The van der Waals surface area contributed by atoms with Crippen molar-refractivity contribution in [3.05, 3.63) is 54.1 Å². The average Bonchev–Trinajstić information content (AvgIpc) is 3.11. The number of amides is 1. The number of hydrogen-bond donors (Lipinski definition) is 2. The first-order valence-corrected chi connectivity index (χ1v) is 11.1. The fraction of sp³-hybridized carbons (Fsp3) is 0.300. The van der Waals surface area contributed by atoms with Gasteiger partial charge in [0.2, 0.25) is 5.91 Å². The van der Waals surface area contributed by atoms with E-state index in [0.29, 0.717) is 25.1 Å². The molecule has 0 unspecified atom stereocenters. The van der Waals surface area contributed by atoms with E-state index in [-0.39, 0.29) is 15.9 Å². The van der Waals surface area contributed by atoms with Crippen molar-refractivity contribution in [1.29, 1.82) is 0 Å². The SMILES string of the molecule is CCCCC(=O)NC(=S)Nc1ccc(S(=O)(=O)N2CCc3ccccc32)cc1. The summed E-state index contributed by atoms with van der Waals surface area (Å²) in [4.78, 5) is 11.9. The molecular weight excluding hydrogens is 394 g/mol. The maximum Gasteiger partial charge on any atom is 0.264 e. The molecule has 28 heavy (non-hydrogen) atoms. The van der Waals surface area contributed by atoms with Gasteiger partial charge in [0.15, 0.2) is 5.11 Å². The average molecular weight is 418 g/mol. The first-order valence-electron chi connectivity index (χ1n) is 9.23. The molecule has 0 aromatic heterocycles. The van der Waals surface area contributed by atoms with Gasteiger partial charge >= 0.3 is 0 Å². The quantitative estimate of drug-likeness (QED) is 0.704. The van der Waals surface area contributed by atoms with Crippen LogP contribution in [0.4, 0.5) is 11.4 Å². The van der Waals surface area contributed by atoms with Crippen molar-refractivity contribution in [3.63, 3.8) is 0 Å². The largest absolute Gasteiger partial charge is 0.332 e. The molecule has 1 amide bonds. The van der Waals surface area contributed by atoms with Gasteiger partial charge < -0.3 is 10.6 Å². The number of unbranched alkanes of at least 4 members (excludes halogenated alkanes) is 1. The fourth-order valence-electron chi connectivity index (χ4n) is 3.08. The van der Waals surface area contributed by atoms with E-state index in [0.717, 1.165) is 24.1 Å². The number of sulfonamides is 1. The Morgan fingerprint density at radius 1 is 1.14 bits per heavy atom. The van der Waals surface area contributed by atoms with Crippen LogP contribution in [0, 0.1) is 0 Å². The van der Waals surface area contributed by atoms with Crippen molar-refractivity contribution in [2.45, 2.75) is 37.5 Å². The van der Waals surface area contributed by atoms with E-state index in [1.165, 1.54) is 4.31 Å². The molecule has 0 radical (unpaired) electrons. The Morgan fingerprint density at radius 2 is 1.86 bits per heavy atom. The van der Waals surface area contributed by atoms with Crippen LogP contribution in [0.1, 0.15) is 31.7 Å². The smallest absolute Gasteiger partial charge is 0.264 e. The van der Waals surface area contributed by atoms with Crippen LogP contribution >= 0.6 is 12.2 Å². The van der Waals surface area contributed by atoms with Crippen molar-refractivity contribution < 1.29 is 13.2 Å². The Balaban J connectivity index is 1.67. The number of anilines is 2. The second-order valence-corrected chi connectivity index (χ2v) is 8.86. The number of benzene rings is 2. The van der Waals surface area contributed by atoms with E-state index in [1.807, 2.05) is 31.2 Å². The van der Waals surface area contributed by atoms with Gasteiger partial charge in [-0.3, -0.25) is 9.10 Å². The lowest BCUT2D eigenvalue weighted by atomic mass is 10.2. The highest BCUT2D eigenvalue weighted by molar-refractivity contribution is 7.92. The summed E-state index contributed by atoms with van der Waals surface area (Å²) >= 11 is 5.13. The first kappa shape index (κ1) is 20.3. The molecule has 0 aliphatic carbocycles. The van der Waals surface area contributed by atoms with E-state index >= 15 is 0 Å². The number of nitrogens with one attached hydrogen (secondary N) is 2. The van der Waals surface area contributed by atoms with Crippen LogP contribution in [0.25, 0.3) is 0 Å². The molecule has 1 aliphatic heterocycles. The summed E-state index contributed by atoms with van der Waals surface area (Å²) < 4.78 is 27.4. The Morgan fingerprint density at radius 3 is 2.57 bits per heavy atom. The van der Waals surface area contributed by atoms with Crippen LogP contribution in [0.2, 0.25) is 0 Å². The molecule has 3 rings (SSSR count). The molecule has 148 valence electrons. The zero-order chi connectivity index (χ0) is 20.1. The lowest BCUT2D eigenvalue weighted by molar-refractivity contribution is -0.119. The first-order chi connectivity index (χ1) is 13.4. The molecule has 0 saturated carbocycles. The van der Waals surface area contributed by atoms with Crippen molar-refractivity contribution in [2.75, 3.05) is 16.2 Å². The van der Waals surface area contributed by atoms with Crippen LogP contribution < -0.4 is 14.9 Å². The third-order valence-electron chi connectivity index (χ3n) is 4.56. The molecule has 2 aromatic carbocycles. The molecule has 0 saturated heterocycles. The summed E-state index contributed by atoms with van der Waals surface area (Å²) in [6.45, 7) is 2.45. The number of carbonyl (C=O) groups is 1. The van der Waals surface area contributed by atoms with E-state index in [9.17, 15) is 13.2 Å². The summed E-state index contributed by atoms with van der Waals surface area (Å²) in [7, 11) is -3.62. The van der Waals surface area contributed by atoms with E-state index in [1.54, 1.807) is 24.3 Å². The van der Waals surface area contributed by atoms with Gasteiger partial charge in [-0.1, -0.05) is 31.5 Å². The second-order valence-electron chi connectivity index (χ2n) is 6.59. The van der Waals surface area contributed by atoms with Crippen molar-refractivity contribution in [3.8, 4) is 0 Å². The molecule has 8 heteroatoms. The Labute approximate surface area is 171 Å². The normalized spacial score (nSPS) is 13.1. The van der Waals surface area contributed by atoms with Gasteiger partial charge in [-0.25, -0.2) is 8.42 Å². The summed E-state index contributed by atoms with van der Waals surface area (Å²) in [6, 6.07) is 13.9. The predicted molar refractivity (Wildman–Crippen MR) is 115 cm³/mol. The second kappa shape index (κ2) is 8.70. The van der Waals surface area contributed by atoms with E-state index in [2.05, 4.69) is 10.6 Å². The monoisotopic (exact) mass is 417 g/mol. The maximum atomic E-state index is 13.0. The number of nitrogens with zero attached hydrogens (tertiary/aromatic N) is 1. The van der Waals surface area contributed by atoms with Crippen LogP contribution in [-0.4, -0.2) is 26.0 Å². The molecule has 0 fully saturated rings. The van der Waals surface area contributed by atoms with Crippen LogP contribution in [0.15, 0.2) is 53.4 Å². The highest BCUT2D eigenvalue weighted by atomic mass is 32.2. The van der Waals surface area contributed by atoms with E-state index < -0.39 is 10.0 Å². The van der Waals surface area contributed by atoms with Gasteiger partial charge in [0, 0.05) is 18.7 Å². The molecule has 0 spiro atoms. The standard InChI is InChI=1S/C20H23N3O3S2/c1-2-3-8-19(24)22-20(27)21-16-9-11-17(12-10-16)28(25,26)23-14-13-15-6-4-5-7-18(15)23/h4-7,9-12H,2-3,8,13-14H2,1H3,(H2,21,22,24,27). The minimum Gasteiger partial charge on any atom is -0.332 e. The number of fused-ring (bicyclic) bond motifs is 1. The number of hydrogen-bond acceptors (Lipinski definition) is 4. The minimum atomic E-state index is -3.62. The molecule has 6 nitrogen and oxygen atoms in total. The van der Waals surface area contributed by atoms with Gasteiger partial charge in [-0.15, -0.1) is 0 Å². The number of thiocarbonyl (C=S) groups is 1. The lowest BCUT2D eigenvalue weighted by Gasteiger charge is -2.19. The van der Waals surface area contributed by atoms with Gasteiger partial charge in [0.05, 0.1) is 10.6 Å². The van der Waals surface area contributed by atoms with Crippen molar-refractivity contribution >= 4 is 44.6 Å². The van der Waals surface area contributed by atoms with E-state index in [4.69, 9.17) is 12.2 Å². The summed E-state index contributed by atoms with van der Waals surface area (Å²) in [5.41, 5.74) is 2.38. The summed E-state index contributed by atoms with van der Waals surface area (Å²) in [5.74, 6) is -0.133. The highest BCUT2D eigenvalue weighted by Gasteiger charge is 2.30. The number of carbonyl (C=O) groups excluding carboxylic acids is 1. The number of rotatable bonds is 6. The fourth-order valence-corrected chi connectivity index (χ4v) is 4.82. The molecule has 0 atom stereocenters. The minimum absolute atomic E-state index is 0.133. The number of para-hydroxylation sites is 1. The predicted octanol–water partition coefficient (Wildman–Crippen LogP) is 3.44. The maximum absolute atomic E-state index is 13.0. The third kappa shape index (κ3) is 4.51. The van der Waals surface area contributed by atoms with Crippen LogP contribution in [0.5, 0.6) is 0 Å².